The summed E-state index contributed by atoms with van der Waals surface area (Å²) in [6.45, 7) is 3.03. The minimum Gasteiger partial charge on any atom is -0.465 e. The first kappa shape index (κ1) is 14.5. The van der Waals surface area contributed by atoms with E-state index in [-0.39, 0.29) is 23.5 Å². The lowest BCUT2D eigenvalue weighted by Crippen LogP contribution is -2.40. The van der Waals surface area contributed by atoms with Gasteiger partial charge in [-0.15, -0.1) is 0 Å². The van der Waals surface area contributed by atoms with Crippen molar-refractivity contribution in [2.75, 3.05) is 26.2 Å². The molecule has 1 spiro atoms. The van der Waals surface area contributed by atoms with Crippen molar-refractivity contribution in [3.63, 3.8) is 0 Å². The van der Waals surface area contributed by atoms with Crippen LogP contribution < -0.4 is 0 Å². The third kappa shape index (κ3) is 2.34. The molecule has 0 radical (unpaired) electrons. The minimum atomic E-state index is -0.236. The summed E-state index contributed by atoms with van der Waals surface area (Å²) in [4.78, 5) is 26.4. The summed E-state index contributed by atoms with van der Waals surface area (Å²) in [5, 5.41) is 0. The Morgan fingerprint density at radius 1 is 1.27 bits per heavy atom. The van der Waals surface area contributed by atoms with Gasteiger partial charge in [0, 0.05) is 0 Å². The van der Waals surface area contributed by atoms with Gasteiger partial charge in [-0.3, -0.25) is 14.5 Å². The van der Waals surface area contributed by atoms with E-state index < -0.39 is 0 Å². The van der Waals surface area contributed by atoms with Crippen molar-refractivity contribution in [1.29, 1.82) is 0 Å². The van der Waals surface area contributed by atoms with Gasteiger partial charge in [-0.2, -0.15) is 0 Å². The Balaban J connectivity index is 1.31. The summed E-state index contributed by atoms with van der Waals surface area (Å²) in [6, 6.07) is 0. The predicted molar refractivity (Wildman–Crippen MR) is 79.0 cm³/mol. The molecule has 5 nitrogen and oxygen atoms in total. The van der Waals surface area contributed by atoms with Crippen molar-refractivity contribution in [3.05, 3.63) is 0 Å². The van der Waals surface area contributed by atoms with Gasteiger partial charge < -0.3 is 9.47 Å². The van der Waals surface area contributed by atoms with E-state index in [1.807, 2.05) is 0 Å². The zero-order valence-electron chi connectivity index (χ0n) is 13.1. The number of rotatable bonds is 3. The van der Waals surface area contributed by atoms with Gasteiger partial charge in [0.2, 0.25) is 0 Å². The van der Waals surface area contributed by atoms with Crippen LogP contribution in [0.4, 0.5) is 0 Å². The fourth-order valence-corrected chi connectivity index (χ4v) is 5.17. The highest BCUT2D eigenvalue weighted by atomic mass is 16.5. The van der Waals surface area contributed by atoms with Crippen LogP contribution in [0.2, 0.25) is 0 Å². The van der Waals surface area contributed by atoms with Crippen LogP contribution in [-0.2, 0) is 19.1 Å². The fourth-order valence-electron chi connectivity index (χ4n) is 5.17. The number of cyclic esters (lactones) is 1. The largest absolute Gasteiger partial charge is 0.465 e. The molecule has 122 valence electrons. The maximum Gasteiger partial charge on any atom is 0.320 e. The topological polar surface area (TPSA) is 55.8 Å². The number of carbonyl (C=O) groups is 2. The second-order valence-electron chi connectivity index (χ2n) is 7.54. The van der Waals surface area contributed by atoms with Gasteiger partial charge in [0.1, 0.15) is 6.10 Å². The van der Waals surface area contributed by atoms with Crippen molar-refractivity contribution < 1.29 is 19.1 Å². The Kier molecular flexibility index (Phi) is 3.63. The Morgan fingerprint density at radius 3 is 2.73 bits per heavy atom. The number of piperidine rings is 1. The number of likely N-dealkylation sites (tertiary alicyclic amines) is 1. The summed E-state index contributed by atoms with van der Waals surface area (Å²) in [5.74, 6) is 0.641. The van der Waals surface area contributed by atoms with Gasteiger partial charge in [-0.05, 0) is 63.5 Å². The molecule has 0 aromatic carbocycles. The summed E-state index contributed by atoms with van der Waals surface area (Å²) in [6.07, 6.45) is 7.28. The lowest BCUT2D eigenvalue weighted by Gasteiger charge is -2.33. The molecule has 4 aliphatic rings. The molecule has 22 heavy (non-hydrogen) atoms. The molecular weight excluding hydrogens is 282 g/mol. The van der Waals surface area contributed by atoms with Crippen molar-refractivity contribution in [2.24, 2.45) is 17.3 Å². The quantitative estimate of drug-likeness (QED) is 0.744. The average molecular weight is 307 g/mol. The number of ether oxygens (including phenoxy) is 2. The minimum absolute atomic E-state index is 0.00177. The second-order valence-corrected chi connectivity index (χ2v) is 7.54. The van der Waals surface area contributed by atoms with E-state index in [0.717, 1.165) is 38.8 Å². The molecule has 5 heteroatoms. The molecule has 4 atom stereocenters. The molecule has 0 aromatic heterocycles. The predicted octanol–water partition coefficient (Wildman–Crippen LogP) is 1.75. The lowest BCUT2D eigenvalue weighted by atomic mass is 9.71. The van der Waals surface area contributed by atoms with Gasteiger partial charge in [-0.25, -0.2) is 0 Å². The zero-order chi connectivity index (χ0) is 15.2. The molecule has 2 bridgehead atoms. The van der Waals surface area contributed by atoms with E-state index in [9.17, 15) is 9.59 Å². The molecule has 2 aliphatic carbocycles. The first-order valence-electron chi connectivity index (χ1n) is 8.76. The molecular formula is C17H25NO4. The molecule has 4 fully saturated rings. The van der Waals surface area contributed by atoms with Gasteiger partial charge in [0.25, 0.3) is 0 Å². The first-order valence-corrected chi connectivity index (χ1v) is 8.76. The third-order valence-corrected chi connectivity index (χ3v) is 6.31. The lowest BCUT2D eigenvalue weighted by molar-refractivity contribution is -0.157. The van der Waals surface area contributed by atoms with Crippen molar-refractivity contribution in [1.82, 2.24) is 4.90 Å². The number of hydrogen-bond donors (Lipinski definition) is 0. The van der Waals surface area contributed by atoms with Crippen molar-refractivity contribution >= 4 is 11.9 Å². The molecule has 2 saturated heterocycles. The summed E-state index contributed by atoms with van der Waals surface area (Å²) >= 11 is 0. The van der Waals surface area contributed by atoms with Crippen LogP contribution in [0.15, 0.2) is 0 Å². The van der Waals surface area contributed by atoms with Gasteiger partial charge in [-0.1, -0.05) is 6.42 Å². The monoisotopic (exact) mass is 307 g/mol. The molecule has 0 amide bonds. The van der Waals surface area contributed by atoms with Crippen molar-refractivity contribution in [3.8, 4) is 0 Å². The van der Waals surface area contributed by atoms with Crippen LogP contribution >= 0.6 is 0 Å². The van der Waals surface area contributed by atoms with Crippen LogP contribution in [0.25, 0.3) is 0 Å². The summed E-state index contributed by atoms with van der Waals surface area (Å²) in [5.41, 5.74) is -0.236. The highest BCUT2D eigenvalue weighted by Gasteiger charge is 2.62. The number of fused-ring (bicyclic) bond motifs is 3. The van der Waals surface area contributed by atoms with E-state index in [0.29, 0.717) is 25.0 Å². The smallest absolute Gasteiger partial charge is 0.320 e. The number of nitrogens with zero attached hydrogens (tertiary/aromatic N) is 1. The number of esters is 2. The van der Waals surface area contributed by atoms with E-state index in [1.165, 1.54) is 19.3 Å². The van der Waals surface area contributed by atoms with E-state index in [2.05, 4.69) is 4.90 Å². The Hall–Kier alpha value is -1.10. The number of hydrogen-bond acceptors (Lipinski definition) is 5. The molecule has 2 saturated carbocycles. The molecule has 2 aliphatic heterocycles. The standard InChI is InChI=1S/C17H25NO4/c19-15(11-18-5-2-1-3-6-18)22-14-9-13-8-12(14)10-17(13)4-7-21-16(17)20/h12-14H,1-11H2. The van der Waals surface area contributed by atoms with Crippen LogP contribution in [0.1, 0.15) is 44.9 Å². The third-order valence-electron chi connectivity index (χ3n) is 6.31. The molecule has 4 rings (SSSR count). The van der Waals surface area contributed by atoms with E-state index >= 15 is 0 Å². The summed E-state index contributed by atoms with van der Waals surface area (Å²) < 4.78 is 11.0. The maximum atomic E-state index is 12.2. The van der Waals surface area contributed by atoms with Gasteiger partial charge in [0.15, 0.2) is 0 Å². The highest BCUT2D eigenvalue weighted by molar-refractivity contribution is 5.80. The molecule has 4 unspecified atom stereocenters. The Morgan fingerprint density at radius 2 is 2.09 bits per heavy atom. The SMILES string of the molecule is O=C(CN1CCCCC1)OC1CC2CC1CC21CCOC1=O. The van der Waals surface area contributed by atoms with Crippen LogP contribution in [0.3, 0.4) is 0 Å². The summed E-state index contributed by atoms with van der Waals surface area (Å²) in [7, 11) is 0. The fraction of sp³-hybridized carbons (Fsp3) is 0.882. The van der Waals surface area contributed by atoms with Crippen LogP contribution in [0.5, 0.6) is 0 Å². The molecule has 2 heterocycles. The Labute approximate surface area is 131 Å². The molecule has 0 N–H and O–H groups in total. The highest BCUT2D eigenvalue weighted by Crippen LogP contribution is 2.60. The Bertz CT molecular complexity index is 473. The van der Waals surface area contributed by atoms with Crippen molar-refractivity contribution in [2.45, 2.75) is 51.0 Å². The van der Waals surface area contributed by atoms with E-state index in [1.54, 1.807) is 0 Å². The van der Waals surface area contributed by atoms with Gasteiger partial charge in [0.05, 0.1) is 18.6 Å². The van der Waals surface area contributed by atoms with Gasteiger partial charge >= 0.3 is 11.9 Å². The van der Waals surface area contributed by atoms with E-state index in [4.69, 9.17) is 9.47 Å². The van der Waals surface area contributed by atoms with Crippen LogP contribution in [0, 0.1) is 17.3 Å². The van der Waals surface area contributed by atoms with Crippen LogP contribution in [-0.4, -0.2) is 49.2 Å². The number of carbonyl (C=O) groups excluding carboxylic acids is 2. The normalized spacial score (nSPS) is 41.1. The second kappa shape index (κ2) is 5.52. The maximum absolute atomic E-state index is 12.2. The molecule has 0 aromatic rings. The zero-order valence-corrected chi connectivity index (χ0v) is 13.1. The first-order chi connectivity index (χ1) is 10.7. The average Bonchev–Trinajstić information content (AvgIpc) is 3.16.